The lowest BCUT2D eigenvalue weighted by Gasteiger charge is -2.32. The normalized spacial score (nSPS) is 17.3. The van der Waals surface area contributed by atoms with Gasteiger partial charge in [-0.25, -0.2) is 14.2 Å². The predicted molar refractivity (Wildman–Crippen MR) is 156 cm³/mol. The van der Waals surface area contributed by atoms with Crippen LogP contribution in [0.4, 0.5) is 15.0 Å². The third-order valence-corrected chi connectivity index (χ3v) is 7.82. The highest BCUT2D eigenvalue weighted by molar-refractivity contribution is 5.91. The Morgan fingerprint density at radius 2 is 1.66 bits per heavy atom. The first-order valence-corrected chi connectivity index (χ1v) is 14.2. The number of halogens is 1. The molecular formula is C32H38FN5O3. The maximum absolute atomic E-state index is 13.5. The zero-order valence-corrected chi connectivity index (χ0v) is 23.6. The van der Waals surface area contributed by atoms with Gasteiger partial charge in [0.2, 0.25) is 11.8 Å². The number of anilines is 1. The molecule has 1 saturated carbocycles. The third-order valence-electron chi connectivity index (χ3n) is 7.82. The van der Waals surface area contributed by atoms with Crippen molar-refractivity contribution >= 4 is 23.7 Å². The molecule has 1 fully saturated rings. The van der Waals surface area contributed by atoms with Gasteiger partial charge in [0, 0.05) is 25.2 Å². The van der Waals surface area contributed by atoms with Gasteiger partial charge in [-0.1, -0.05) is 55.3 Å². The molecule has 4 amide bonds. The fourth-order valence-corrected chi connectivity index (χ4v) is 5.54. The Kier molecular flexibility index (Phi) is 10.1. The lowest BCUT2D eigenvalue weighted by Crippen LogP contribution is -2.43. The second-order valence-corrected chi connectivity index (χ2v) is 10.4. The minimum absolute atomic E-state index is 0.0243. The number of amides is 4. The average molecular weight is 560 g/mol. The van der Waals surface area contributed by atoms with Gasteiger partial charge in [-0.2, -0.15) is 0 Å². The molecule has 3 aromatic rings. The van der Waals surface area contributed by atoms with Gasteiger partial charge in [0.25, 0.3) is 0 Å². The molecule has 3 atom stereocenters. The largest absolute Gasteiger partial charge is 0.368 e. The van der Waals surface area contributed by atoms with Crippen LogP contribution >= 0.6 is 0 Å². The summed E-state index contributed by atoms with van der Waals surface area (Å²) in [7, 11) is 0. The second kappa shape index (κ2) is 13.9. The Labute approximate surface area is 240 Å². The summed E-state index contributed by atoms with van der Waals surface area (Å²) in [5.74, 6) is -1.13. The molecule has 0 spiro atoms. The highest BCUT2D eigenvalue weighted by Crippen LogP contribution is 2.38. The van der Waals surface area contributed by atoms with Crippen molar-refractivity contribution in [3.63, 3.8) is 0 Å². The van der Waals surface area contributed by atoms with E-state index in [4.69, 9.17) is 5.73 Å². The fourth-order valence-electron chi connectivity index (χ4n) is 5.54. The van der Waals surface area contributed by atoms with Gasteiger partial charge in [-0.3, -0.25) is 14.5 Å². The van der Waals surface area contributed by atoms with E-state index in [1.54, 1.807) is 16.0 Å². The minimum Gasteiger partial charge on any atom is -0.368 e. The fraction of sp³-hybridized carbons (Fsp3) is 0.375. The van der Waals surface area contributed by atoms with E-state index in [-0.39, 0.29) is 23.8 Å². The van der Waals surface area contributed by atoms with Crippen LogP contribution in [0.15, 0.2) is 72.9 Å². The van der Waals surface area contributed by atoms with Gasteiger partial charge >= 0.3 is 6.03 Å². The van der Waals surface area contributed by atoms with Gasteiger partial charge in [0.05, 0.1) is 6.54 Å². The van der Waals surface area contributed by atoms with E-state index in [1.165, 1.54) is 24.3 Å². The predicted octanol–water partition coefficient (Wildman–Crippen LogP) is 5.31. The molecular weight excluding hydrogens is 521 g/mol. The number of nitrogens with zero attached hydrogens (tertiary/aromatic N) is 3. The average Bonchev–Trinajstić information content (AvgIpc) is 3.00. The summed E-state index contributed by atoms with van der Waals surface area (Å²) in [6, 6.07) is 17.8. The van der Waals surface area contributed by atoms with Gasteiger partial charge in [-0.05, 0) is 73.6 Å². The quantitative estimate of drug-likeness (QED) is 0.351. The number of carbonyl (C=O) groups is 3. The van der Waals surface area contributed by atoms with Crippen LogP contribution in [0.3, 0.4) is 0 Å². The van der Waals surface area contributed by atoms with Crippen LogP contribution in [0.2, 0.25) is 0 Å². The summed E-state index contributed by atoms with van der Waals surface area (Å²) in [5.41, 5.74) is 8.03. The van der Waals surface area contributed by atoms with E-state index in [9.17, 15) is 18.8 Å². The van der Waals surface area contributed by atoms with Gasteiger partial charge in [-0.15, -0.1) is 0 Å². The first-order chi connectivity index (χ1) is 19.8. The topological polar surface area (TPSA) is 109 Å². The molecule has 3 N–H and O–H groups in total. The van der Waals surface area contributed by atoms with Gasteiger partial charge in [0.1, 0.15) is 17.7 Å². The van der Waals surface area contributed by atoms with Crippen molar-refractivity contribution in [2.75, 3.05) is 18.0 Å². The monoisotopic (exact) mass is 559 g/mol. The van der Waals surface area contributed by atoms with Crippen LogP contribution in [0.25, 0.3) is 0 Å². The Hall–Kier alpha value is -4.27. The Morgan fingerprint density at radius 3 is 2.27 bits per heavy atom. The van der Waals surface area contributed by atoms with Crippen molar-refractivity contribution in [3.05, 3.63) is 95.4 Å². The SMILES string of the molecule is CCN(CC)C(=O)N(Cc1ccc([C@@H]2CCCC[C@H]2C(=O)N[C@H](C(N)=O)c2ccc(F)cc2)cc1)c1ccccn1. The van der Waals surface area contributed by atoms with Crippen LogP contribution in [-0.4, -0.2) is 40.8 Å². The number of hydrogen-bond donors (Lipinski definition) is 2. The molecule has 4 rings (SSSR count). The van der Waals surface area contributed by atoms with E-state index in [0.29, 0.717) is 37.4 Å². The second-order valence-electron chi connectivity index (χ2n) is 10.4. The van der Waals surface area contributed by atoms with Crippen LogP contribution < -0.4 is 16.0 Å². The molecule has 0 unspecified atom stereocenters. The van der Waals surface area contributed by atoms with Gasteiger partial charge in [0.15, 0.2) is 0 Å². The number of benzene rings is 2. The van der Waals surface area contributed by atoms with E-state index in [0.717, 1.165) is 30.4 Å². The molecule has 0 saturated heterocycles. The van der Waals surface area contributed by atoms with Crippen LogP contribution in [0, 0.1) is 11.7 Å². The molecule has 1 aliphatic rings. The molecule has 2 aromatic carbocycles. The van der Waals surface area contributed by atoms with Crippen molar-refractivity contribution < 1.29 is 18.8 Å². The number of primary amides is 1. The molecule has 216 valence electrons. The van der Waals surface area contributed by atoms with Crippen LogP contribution in [0.1, 0.15) is 68.2 Å². The zero-order chi connectivity index (χ0) is 29.4. The maximum atomic E-state index is 13.5. The third kappa shape index (κ3) is 7.28. The summed E-state index contributed by atoms with van der Waals surface area (Å²) < 4.78 is 13.4. The summed E-state index contributed by atoms with van der Waals surface area (Å²) in [4.78, 5) is 46.8. The standard InChI is InChI=1S/C32H38FN5O3/c1-3-37(4-2)32(41)38(28-11-7-8-20-35-28)21-22-12-14-23(15-13-22)26-9-5-6-10-27(26)31(40)36-29(30(34)39)24-16-18-25(33)19-17-24/h7-8,11-20,26-27,29H,3-6,9-10,21H2,1-2H3,(H2,34,39)(H,36,40)/t26-,27+,29-/m0/s1. The summed E-state index contributed by atoms with van der Waals surface area (Å²) in [6.45, 7) is 5.46. The number of carbonyl (C=O) groups excluding carboxylic acids is 3. The van der Waals surface area contributed by atoms with Crippen molar-refractivity contribution in [2.24, 2.45) is 11.7 Å². The van der Waals surface area contributed by atoms with Crippen molar-refractivity contribution in [2.45, 2.75) is 58.0 Å². The molecule has 1 aromatic heterocycles. The Balaban J connectivity index is 1.51. The van der Waals surface area contributed by atoms with E-state index >= 15 is 0 Å². The molecule has 0 radical (unpaired) electrons. The molecule has 0 bridgehead atoms. The van der Waals surface area contributed by atoms with Crippen LogP contribution in [0.5, 0.6) is 0 Å². The highest BCUT2D eigenvalue weighted by Gasteiger charge is 2.34. The maximum Gasteiger partial charge on any atom is 0.325 e. The first kappa shape index (κ1) is 29.7. The van der Waals surface area contributed by atoms with Crippen molar-refractivity contribution in [1.82, 2.24) is 15.2 Å². The summed E-state index contributed by atoms with van der Waals surface area (Å²) in [6.07, 6.45) is 5.12. The number of nitrogens with one attached hydrogen (secondary N) is 1. The zero-order valence-electron chi connectivity index (χ0n) is 23.6. The summed E-state index contributed by atoms with van der Waals surface area (Å²) in [5, 5.41) is 2.82. The number of aromatic nitrogens is 1. The molecule has 1 heterocycles. The van der Waals surface area contributed by atoms with Crippen LogP contribution in [-0.2, 0) is 16.1 Å². The number of pyridine rings is 1. The first-order valence-electron chi connectivity index (χ1n) is 14.2. The van der Waals surface area contributed by atoms with E-state index in [1.807, 2.05) is 56.3 Å². The molecule has 41 heavy (non-hydrogen) atoms. The Bertz CT molecular complexity index is 1310. The van der Waals surface area contributed by atoms with E-state index in [2.05, 4.69) is 10.3 Å². The highest BCUT2D eigenvalue weighted by atomic mass is 19.1. The minimum atomic E-state index is -1.03. The Morgan fingerprint density at radius 1 is 0.976 bits per heavy atom. The molecule has 0 aliphatic heterocycles. The lowest BCUT2D eigenvalue weighted by molar-refractivity contribution is -0.131. The van der Waals surface area contributed by atoms with Crippen molar-refractivity contribution in [3.8, 4) is 0 Å². The van der Waals surface area contributed by atoms with Gasteiger partial charge < -0.3 is 16.0 Å². The summed E-state index contributed by atoms with van der Waals surface area (Å²) >= 11 is 0. The van der Waals surface area contributed by atoms with Crippen molar-refractivity contribution in [1.29, 1.82) is 0 Å². The number of nitrogens with two attached hydrogens (primary N) is 1. The molecule has 9 heteroatoms. The number of rotatable bonds is 10. The van der Waals surface area contributed by atoms with E-state index < -0.39 is 17.8 Å². The molecule has 8 nitrogen and oxygen atoms in total. The molecule has 1 aliphatic carbocycles. The number of urea groups is 1. The lowest BCUT2D eigenvalue weighted by atomic mass is 9.74. The smallest absolute Gasteiger partial charge is 0.325 e. The number of hydrogen-bond acceptors (Lipinski definition) is 4.